The third-order valence-corrected chi connectivity index (χ3v) is 4.73. The molecule has 1 atom stereocenters. The van der Waals surface area contributed by atoms with E-state index >= 15 is 0 Å². The molecule has 1 unspecified atom stereocenters. The number of amides is 1. The van der Waals surface area contributed by atoms with Crippen molar-refractivity contribution in [3.63, 3.8) is 0 Å². The van der Waals surface area contributed by atoms with Gasteiger partial charge in [-0.2, -0.15) is 0 Å². The molecule has 2 aromatic rings. The van der Waals surface area contributed by atoms with Crippen LogP contribution in [0.25, 0.3) is 0 Å². The molecule has 1 amide bonds. The van der Waals surface area contributed by atoms with E-state index in [1.807, 2.05) is 0 Å². The van der Waals surface area contributed by atoms with E-state index in [1.54, 1.807) is 42.5 Å². The van der Waals surface area contributed by atoms with Gasteiger partial charge in [-0.1, -0.05) is 29.3 Å². The first-order valence-corrected chi connectivity index (χ1v) is 7.88. The summed E-state index contributed by atoms with van der Waals surface area (Å²) in [4.78, 5) is 12.3. The number of hydrogen-bond acceptors (Lipinski definition) is 3. The molecule has 2 aromatic carbocycles. The van der Waals surface area contributed by atoms with E-state index in [9.17, 15) is 9.00 Å². The maximum Gasteiger partial charge on any atom is 0.238 e. The van der Waals surface area contributed by atoms with Crippen molar-refractivity contribution < 1.29 is 9.00 Å². The number of anilines is 1. The van der Waals surface area contributed by atoms with Gasteiger partial charge in [-0.05, 0) is 36.4 Å². The van der Waals surface area contributed by atoms with Crippen molar-refractivity contribution in [2.24, 2.45) is 5.73 Å². The van der Waals surface area contributed by atoms with Gasteiger partial charge in [0.2, 0.25) is 5.91 Å². The Labute approximate surface area is 134 Å². The van der Waals surface area contributed by atoms with Crippen molar-refractivity contribution in [1.29, 1.82) is 0 Å². The van der Waals surface area contributed by atoms with Gasteiger partial charge in [-0.3, -0.25) is 4.79 Å². The van der Waals surface area contributed by atoms with Crippen molar-refractivity contribution in [2.45, 2.75) is 9.79 Å². The van der Waals surface area contributed by atoms with Gasteiger partial charge in [0.25, 0.3) is 0 Å². The molecule has 0 saturated carbocycles. The van der Waals surface area contributed by atoms with Crippen LogP contribution in [0.3, 0.4) is 0 Å². The molecule has 21 heavy (non-hydrogen) atoms. The van der Waals surface area contributed by atoms with Crippen LogP contribution in [-0.4, -0.2) is 16.7 Å². The zero-order valence-electron chi connectivity index (χ0n) is 10.8. The van der Waals surface area contributed by atoms with E-state index in [0.29, 0.717) is 25.5 Å². The second-order valence-electron chi connectivity index (χ2n) is 4.12. The molecule has 0 saturated heterocycles. The molecule has 3 N–H and O–H groups in total. The minimum atomic E-state index is -1.42. The van der Waals surface area contributed by atoms with E-state index in [0.717, 1.165) is 0 Å². The minimum Gasteiger partial charge on any atom is -0.325 e. The van der Waals surface area contributed by atoms with Gasteiger partial charge in [-0.25, -0.2) is 4.21 Å². The smallest absolute Gasteiger partial charge is 0.238 e. The average Bonchev–Trinajstić information content (AvgIpc) is 2.49. The summed E-state index contributed by atoms with van der Waals surface area (Å²) in [7, 11) is -1.42. The molecule has 0 radical (unpaired) electrons. The van der Waals surface area contributed by atoms with Crippen molar-refractivity contribution in [3.05, 3.63) is 52.5 Å². The molecule has 0 aliphatic carbocycles. The van der Waals surface area contributed by atoms with Crippen LogP contribution < -0.4 is 11.1 Å². The van der Waals surface area contributed by atoms with Gasteiger partial charge in [0.15, 0.2) is 0 Å². The standard InChI is InChI=1S/C14H12Cl2N2O2S/c15-12-5-4-11(7-13(12)16)21(20)10-3-1-2-9(6-10)18-14(19)8-17/h1-7H,8,17H2,(H,18,19). The summed E-state index contributed by atoms with van der Waals surface area (Å²) in [5.41, 5.74) is 5.78. The summed E-state index contributed by atoms with van der Waals surface area (Å²) >= 11 is 11.8. The monoisotopic (exact) mass is 342 g/mol. The van der Waals surface area contributed by atoms with Gasteiger partial charge < -0.3 is 11.1 Å². The Balaban J connectivity index is 2.28. The largest absolute Gasteiger partial charge is 0.325 e. The molecule has 0 heterocycles. The zero-order chi connectivity index (χ0) is 15.4. The Kier molecular flexibility index (Phi) is 5.36. The fourth-order valence-electron chi connectivity index (χ4n) is 1.63. The maximum absolute atomic E-state index is 12.5. The molecule has 0 fully saturated rings. The van der Waals surface area contributed by atoms with Crippen LogP contribution in [0.1, 0.15) is 0 Å². The molecule has 0 bridgehead atoms. The lowest BCUT2D eigenvalue weighted by molar-refractivity contribution is -0.114. The van der Waals surface area contributed by atoms with Crippen LogP contribution in [0.5, 0.6) is 0 Å². The van der Waals surface area contributed by atoms with Gasteiger partial charge in [0.05, 0.1) is 27.4 Å². The summed E-state index contributed by atoms with van der Waals surface area (Å²) in [5.74, 6) is -0.313. The van der Waals surface area contributed by atoms with Crippen molar-refractivity contribution >= 4 is 45.6 Å². The van der Waals surface area contributed by atoms with Gasteiger partial charge in [-0.15, -0.1) is 0 Å². The van der Waals surface area contributed by atoms with Gasteiger partial charge >= 0.3 is 0 Å². The third kappa shape index (κ3) is 4.04. The van der Waals surface area contributed by atoms with Crippen LogP contribution >= 0.6 is 23.2 Å². The fraction of sp³-hybridized carbons (Fsp3) is 0.0714. The number of rotatable bonds is 4. The summed E-state index contributed by atoms with van der Waals surface area (Å²) in [6.07, 6.45) is 0. The second-order valence-corrected chi connectivity index (χ2v) is 6.42. The van der Waals surface area contributed by atoms with E-state index < -0.39 is 10.8 Å². The number of carbonyl (C=O) groups excluding carboxylic acids is 1. The first-order valence-electron chi connectivity index (χ1n) is 5.98. The first kappa shape index (κ1) is 16.0. The van der Waals surface area contributed by atoms with E-state index in [-0.39, 0.29) is 12.5 Å². The molecule has 0 aliphatic rings. The highest BCUT2D eigenvalue weighted by Gasteiger charge is 2.10. The molecular weight excluding hydrogens is 331 g/mol. The van der Waals surface area contributed by atoms with Crippen molar-refractivity contribution in [1.82, 2.24) is 0 Å². The Morgan fingerprint density at radius 1 is 1.10 bits per heavy atom. The predicted octanol–water partition coefficient (Wildman–Crippen LogP) is 3.06. The van der Waals surface area contributed by atoms with Gasteiger partial charge in [0.1, 0.15) is 0 Å². The van der Waals surface area contributed by atoms with Crippen LogP contribution in [-0.2, 0) is 15.6 Å². The Bertz CT molecular complexity index is 707. The van der Waals surface area contributed by atoms with Crippen LogP contribution in [0.4, 0.5) is 5.69 Å². The van der Waals surface area contributed by atoms with Crippen molar-refractivity contribution in [3.8, 4) is 0 Å². The Morgan fingerprint density at radius 2 is 1.81 bits per heavy atom. The zero-order valence-corrected chi connectivity index (χ0v) is 13.1. The normalized spacial score (nSPS) is 12.0. The first-order chi connectivity index (χ1) is 10.0. The number of nitrogens with one attached hydrogen (secondary N) is 1. The number of carbonyl (C=O) groups is 1. The lowest BCUT2D eigenvalue weighted by Crippen LogP contribution is -2.21. The van der Waals surface area contributed by atoms with E-state index in [4.69, 9.17) is 28.9 Å². The molecule has 2 rings (SSSR count). The molecule has 0 aromatic heterocycles. The molecular formula is C14H12Cl2N2O2S. The van der Waals surface area contributed by atoms with Crippen LogP contribution in [0, 0.1) is 0 Å². The summed E-state index contributed by atoms with van der Waals surface area (Å²) in [6.45, 7) is -0.111. The minimum absolute atomic E-state index is 0.111. The lowest BCUT2D eigenvalue weighted by atomic mass is 10.3. The Hall–Kier alpha value is -1.40. The average molecular weight is 343 g/mol. The fourth-order valence-corrected chi connectivity index (χ4v) is 3.12. The molecule has 4 nitrogen and oxygen atoms in total. The highest BCUT2D eigenvalue weighted by atomic mass is 35.5. The SMILES string of the molecule is NCC(=O)Nc1cccc(S(=O)c2ccc(Cl)c(Cl)c2)c1. The Morgan fingerprint density at radius 3 is 2.48 bits per heavy atom. The van der Waals surface area contributed by atoms with Crippen molar-refractivity contribution in [2.75, 3.05) is 11.9 Å². The van der Waals surface area contributed by atoms with Crippen LogP contribution in [0.15, 0.2) is 52.3 Å². The lowest BCUT2D eigenvalue weighted by Gasteiger charge is -2.07. The molecule has 7 heteroatoms. The number of benzene rings is 2. The highest BCUT2D eigenvalue weighted by molar-refractivity contribution is 7.85. The second kappa shape index (κ2) is 7.04. The topological polar surface area (TPSA) is 72.2 Å². The molecule has 0 aliphatic heterocycles. The predicted molar refractivity (Wildman–Crippen MR) is 85.3 cm³/mol. The highest BCUT2D eigenvalue weighted by Crippen LogP contribution is 2.27. The molecule has 0 spiro atoms. The van der Waals surface area contributed by atoms with Gasteiger partial charge in [0, 0.05) is 15.5 Å². The van der Waals surface area contributed by atoms with E-state index in [2.05, 4.69) is 5.32 Å². The van der Waals surface area contributed by atoms with E-state index in [1.165, 1.54) is 0 Å². The summed E-state index contributed by atoms with van der Waals surface area (Å²) in [6, 6.07) is 11.5. The number of halogens is 2. The molecule has 110 valence electrons. The van der Waals surface area contributed by atoms with Crippen LogP contribution in [0.2, 0.25) is 10.0 Å². The quantitative estimate of drug-likeness (QED) is 0.896. The number of nitrogens with two attached hydrogens (primary N) is 1. The maximum atomic E-state index is 12.5. The summed E-state index contributed by atoms with van der Waals surface area (Å²) < 4.78 is 12.5. The summed E-state index contributed by atoms with van der Waals surface area (Å²) in [5, 5.41) is 3.36. The third-order valence-electron chi connectivity index (χ3n) is 2.62. The number of hydrogen-bond donors (Lipinski definition) is 2.